The second kappa shape index (κ2) is 8.83. The minimum Gasteiger partial charge on any atom is -0.354 e. The van der Waals surface area contributed by atoms with Crippen molar-refractivity contribution >= 4 is 28.2 Å². The zero-order valence-corrected chi connectivity index (χ0v) is 15.8. The Morgan fingerprint density at radius 1 is 1.25 bits per heavy atom. The van der Waals surface area contributed by atoms with Gasteiger partial charge in [0.05, 0.1) is 11.5 Å². The molecule has 0 aliphatic carbocycles. The molecule has 1 fully saturated rings. The van der Waals surface area contributed by atoms with Gasteiger partial charge in [-0.3, -0.25) is 4.79 Å². The van der Waals surface area contributed by atoms with Gasteiger partial charge in [-0.1, -0.05) is 38.1 Å². The highest BCUT2D eigenvalue weighted by atomic mass is 35.5. The van der Waals surface area contributed by atoms with E-state index >= 15 is 0 Å². The zero-order chi connectivity index (χ0) is 17.0. The van der Waals surface area contributed by atoms with Crippen molar-refractivity contribution in [2.45, 2.75) is 38.6 Å². The van der Waals surface area contributed by atoms with Crippen molar-refractivity contribution in [3.05, 3.63) is 35.4 Å². The summed E-state index contributed by atoms with van der Waals surface area (Å²) in [7, 11) is -2.93. The SMILES string of the molecule is CC(C)c1ccc(C(N)CNC(=O)CC2CCS(=O)(=O)C2)cc1.Cl. The molecule has 1 amide bonds. The first-order valence-electron chi connectivity index (χ1n) is 8.09. The fourth-order valence-corrected chi connectivity index (χ4v) is 4.70. The number of sulfone groups is 1. The normalized spacial score (nSPS) is 20.4. The largest absolute Gasteiger partial charge is 0.354 e. The van der Waals surface area contributed by atoms with Crippen molar-refractivity contribution in [1.82, 2.24) is 5.32 Å². The number of carbonyl (C=O) groups excluding carboxylic acids is 1. The van der Waals surface area contributed by atoms with Crippen LogP contribution in [0.5, 0.6) is 0 Å². The molecule has 136 valence electrons. The third-order valence-corrected chi connectivity index (χ3v) is 6.19. The Labute approximate surface area is 150 Å². The summed E-state index contributed by atoms with van der Waals surface area (Å²) in [6.45, 7) is 4.64. The fourth-order valence-electron chi connectivity index (χ4n) is 2.84. The van der Waals surface area contributed by atoms with Gasteiger partial charge in [0.1, 0.15) is 0 Å². The maximum atomic E-state index is 11.9. The van der Waals surface area contributed by atoms with Crippen LogP contribution < -0.4 is 11.1 Å². The molecule has 0 aromatic heterocycles. The Hall–Kier alpha value is -1.11. The number of benzene rings is 1. The highest BCUT2D eigenvalue weighted by Crippen LogP contribution is 2.21. The number of nitrogens with one attached hydrogen (secondary N) is 1. The Kier molecular flexibility index (Phi) is 7.70. The molecule has 1 aromatic carbocycles. The van der Waals surface area contributed by atoms with Gasteiger partial charge in [-0.15, -0.1) is 12.4 Å². The van der Waals surface area contributed by atoms with Crippen LogP contribution in [0.2, 0.25) is 0 Å². The molecular weight excluding hydrogens is 348 g/mol. The third-order valence-electron chi connectivity index (χ3n) is 4.35. The summed E-state index contributed by atoms with van der Waals surface area (Å²) >= 11 is 0. The van der Waals surface area contributed by atoms with Crippen LogP contribution in [0.3, 0.4) is 0 Å². The molecule has 0 radical (unpaired) electrons. The van der Waals surface area contributed by atoms with Gasteiger partial charge in [-0.2, -0.15) is 0 Å². The molecule has 1 aliphatic heterocycles. The topological polar surface area (TPSA) is 89.3 Å². The minimum absolute atomic E-state index is 0. The number of hydrogen-bond donors (Lipinski definition) is 2. The van der Waals surface area contributed by atoms with Crippen LogP contribution in [0.15, 0.2) is 24.3 Å². The van der Waals surface area contributed by atoms with Gasteiger partial charge in [0.2, 0.25) is 5.91 Å². The molecule has 3 N–H and O–H groups in total. The summed E-state index contributed by atoms with van der Waals surface area (Å²) < 4.78 is 22.8. The van der Waals surface area contributed by atoms with E-state index in [0.717, 1.165) is 5.56 Å². The predicted molar refractivity (Wildman–Crippen MR) is 99.1 cm³/mol. The molecule has 1 saturated heterocycles. The number of hydrogen-bond acceptors (Lipinski definition) is 4. The average molecular weight is 375 g/mol. The second-order valence-electron chi connectivity index (χ2n) is 6.71. The molecule has 0 spiro atoms. The first-order valence-corrected chi connectivity index (χ1v) is 9.91. The highest BCUT2D eigenvalue weighted by Gasteiger charge is 2.29. The molecule has 2 rings (SSSR count). The van der Waals surface area contributed by atoms with Gasteiger partial charge < -0.3 is 11.1 Å². The minimum atomic E-state index is -2.93. The zero-order valence-electron chi connectivity index (χ0n) is 14.2. The van der Waals surface area contributed by atoms with Crippen LogP contribution in [0.25, 0.3) is 0 Å². The van der Waals surface area contributed by atoms with Crippen molar-refractivity contribution < 1.29 is 13.2 Å². The fraction of sp³-hybridized carbons (Fsp3) is 0.588. The number of halogens is 1. The number of amides is 1. The van der Waals surface area contributed by atoms with E-state index in [4.69, 9.17) is 5.73 Å². The molecule has 1 heterocycles. The standard InChI is InChI=1S/C17H26N2O3S.ClH/c1-12(2)14-3-5-15(6-4-14)16(18)10-19-17(20)9-13-7-8-23(21,22)11-13;/h3-6,12-13,16H,7-11,18H2,1-2H3,(H,19,20);1H. The molecule has 1 aromatic rings. The molecule has 24 heavy (non-hydrogen) atoms. The lowest BCUT2D eigenvalue weighted by Crippen LogP contribution is -2.33. The molecule has 0 saturated carbocycles. The molecular formula is C17H27ClN2O3S. The van der Waals surface area contributed by atoms with Crippen LogP contribution in [-0.4, -0.2) is 32.4 Å². The Morgan fingerprint density at radius 2 is 1.83 bits per heavy atom. The summed E-state index contributed by atoms with van der Waals surface area (Å²) in [4.78, 5) is 11.9. The third kappa shape index (κ3) is 6.07. The molecule has 2 atom stereocenters. The lowest BCUT2D eigenvalue weighted by atomic mass is 9.99. The summed E-state index contributed by atoms with van der Waals surface area (Å²) in [5.41, 5.74) is 8.35. The smallest absolute Gasteiger partial charge is 0.220 e. The van der Waals surface area contributed by atoms with Crippen molar-refractivity contribution in [2.24, 2.45) is 11.7 Å². The van der Waals surface area contributed by atoms with Crippen LogP contribution >= 0.6 is 12.4 Å². The summed E-state index contributed by atoms with van der Waals surface area (Å²) in [6, 6.07) is 7.86. The monoisotopic (exact) mass is 374 g/mol. The van der Waals surface area contributed by atoms with Crippen molar-refractivity contribution in [3.63, 3.8) is 0 Å². The van der Waals surface area contributed by atoms with Crippen LogP contribution in [0.1, 0.15) is 49.8 Å². The van der Waals surface area contributed by atoms with Crippen LogP contribution in [-0.2, 0) is 14.6 Å². The maximum Gasteiger partial charge on any atom is 0.220 e. The number of rotatable bonds is 6. The number of carbonyl (C=O) groups is 1. The first kappa shape index (κ1) is 20.9. The highest BCUT2D eigenvalue weighted by molar-refractivity contribution is 7.91. The van der Waals surface area contributed by atoms with E-state index in [-0.39, 0.29) is 48.2 Å². The van der Waals surface area contributed by atoms with E-state index < -0.39 is 9.84 Å². The molecule has 0 bridgehead atoms. The van der Waals surface area contributed by atoms with Crippen molar-refractivity contribution in [1.29, 1.82) is 0 Å². The van der Waals surface area contributed by atoms with Gasteiger partial charge >= 0.3 is 0 Å². The Balaban J connectivity index is 0.00000288. The summed E-state index contributed by atoms with van der Waals surface area (Å²) in [6.07, 6.45) is 0.844. The van der Waals surface area contributed by atoms with Gasteiger partial charge in [0.15, 0.2) is 9.84 Å². The lowest BCUT2D eigenvalue weighted by molar-refractivity contribution is -0.121. The summed E-state index contributed by atoms with van der Waals surface area (Å²) in [5, 5.41) is 2.81. The van der Waals surface area contributed by atoms with Crippen LogP contribution in [0, 0.1) is 5.92 Å². The van der Waals surface area contributed by atoms with Gasteiger partial charge in [-0.25, -0.2) is 8.42 Å². The van der Waals surface area contributed by atoms with E-state index in [9.17, 15) is 13.2 Å². The average Bonchev–Trinajstić information content (AvgIpc) is 2.83. The molecule has 2 unspecified atom stereocenters. The molecule has 7 heteroatoms. The molecule has 1 aliphatic rings. The van der Waals surface area contributed by atoms with E-state index in [1.54, 1.807) is 0 Å². The summed E-state index contributed by atoms with van der Waals surface area (Å²) in [5.74, 6) is 0.626. The van der Waals surface area contributed by atoms with Gasteiger partial charge in [-0.05, 0) is 29.4 Å². The number of nitrogens with two attached hydrogens (primary N) is 1. The van der Waals surface area contributed by atoms with Crippen molar-refractivity contribution in [2.75, 3.05) is 18.1 Å². The van der Waals surface area contributed by atoms with Gasteiger partial charge in [0, 0.05) is 19.0 Å². The predicted octanol–water partition coefficient (Wildman–Crippen LogP) is 2.17. The van der Waals surface area contributed by atoms with E-state index in [1.807, 2.05) is 12.1 Å². The van der Waals surface area contributed by atoms with Crippen molar-refractivity contribution in [3.8, 4) is 0 Å². The lowest BCUT2D eigenvalue weighted by Gasteiger charge is -2.15. The van der Waals surface area contributed by atoms with E-state index in [1.165, 1.54) is 5.56 Å². The maximum absolute atomic E-state index is 11.9. The van der Waals surface area contributed by atoms with Crippen LogP contribution in [0.4, 0.5) is 0 Å². The quantitative estimate of drug-likeness (QED) is 0.798. The molecule has 5 nitrogen and oxygen atoms in total. The Morgan fingerprint density at radius 3 is 2.33 bits per heavy atom. The van der Waals surface area contributed by atoms with E-state index in [0.29, 0.717) is 18.9 Å². The second-order valence-corrected chi connectivity index (χ2v) is 8.93. The first-order chi connectivity index (χ1) is 10.8. The van der Waals surface area contributed by atoms with Gasteiger partial charge in [0.25, 0.3) is 0 Å². The van der Waals surface area contributed by atoms with E-state index in [2.05, 4.69) is 31.3 Å². The Bertz CT molecular complexity index is 644.